The number of carbonyl (C=O) groups is 2. The first-order valence-electron chi connectivity index (χ1n) is 6.17. The molecule has 2 aliphatic rings. The first-order chi connectivity index (χ1) is 8.77. The summed E-state index contributed by atoms with van der Waals surface area (Å²) in [7, 11) is 0. The lowest BCUT2D eigenvalue weighted by atomic mass is 9.94. The predicted molar refractivity (Wildman–Crippen MR) is 67.5 cm³/mol. The Morgan fingerprint density at radius 2 is 1.44 bits per heavy atom. The second-order valence-electron chi connectivity index (χ2n) is 4.92. The molecule has 3 nitrogen and oxygen atoms in total. The van der Waals surface area contributed by atoms with E-state index in [9.17, 15) is 9.59 Å². The van der Waals surface area contributed by atoms with E-state index in [4.69, 9.17) is 0 Å². The van der Waals surface area contributed by atoms with Crippen molar-refractivity contribution in [3.8, 4) is 0 Å². The van der Waals surface area contributed by atoms with Gasteiger partial charge in [0.25, 0.3) is 11.8 Å². The largest absolute Gasteiger partial charge is 0.271 e. The Hall–Kier alpha value is -2.16. The van der Waals surface area contributed by atoms with Crippen molar-refractivity contribution in [3.05, 3.63) is 47.5 Å². The van der Waals surface area contributed by atoms with Crippen LogP contribution in [-0.4, -0.2) is 22.8 Å². The molecular formula is C15H11NO2. The molecule has 1 aliphatic carbocycles. The van der Waals surface area contributed by atoms with Crippen molar-refractivity contribution in [1.29, 1.82) is 0 Å². The molecule has 0 aromatic heterocycles. The SMILES string of the molecule is O=C1c2cccc3cccc(c23)C(=O)N1C1CC1. The maximum Gasteiger partial charge on any atom is 0.261 e. The van der Waals surface area contributed by atoms with Crippen molar-refractivity contribution in [2.24, 2.45) is 0 Å². The van der Waals surface area contributed by atoms with E-state index in [1.165, 1.54) is 4.90 Å². The van der Waals surface area contributed by atoms with Gasteiger partial charge in [-0.05, 0) is 30.4 Å². The monoisotopic (exact) mass is 237 g/mol. The molecule has 4 rings (SSSR count). The zero-order valence-corrected chi connectivity index (χ0v) is 9.72. The molecule has 3 heteroatoms. The number of nitrogens with zero attached hydrogens (tertiary/aromatic N) is 1. The second kappa shape index (κ2) is 3.19. The topological polar surface area (TPSA) is 37.4 Å². The van der Waals surface area contributed by atoms with Crippen LogP contribution in [0.5, 0.6) is 0 Å². The van der Waals surface area contributed by atoms with Crippen molar-refractivity contribution >= 4 is 22.6 Å². The van der Waals surface area contributed by atoms with Gasteiger partial charge < -0.3 is 0 Å². The third-order valence-electron chi connectivity index (χ3n) is 3.72. The molecule has 2 aromatic carbocycles. The summed E-state index contributed by atoms with van der Waals surface area (Å²) in [6.45, 7) is 0. The van der Waals surface area contributed by atoms with E-state index in [1.807, 2.05) is 36.4 Å². The highest BCUT2D eigenvalue weighted by Gasteiger charge is 2.41. The molecule has 88 valence electrons. The first kappa shape index (κ1) is 9.83. The van der Waals surface area contributed by atoms with Crippen LogP contribution in [0.4, 0.5) is 0 Å². The van der Waals surface area contributed by atoms with E-state index in [-0.39, 0.29) is 17.9 Å². The van der Waals surface area contributed by atoms with Gasteiger partial charge in [0.1, 0.15) is 0 Å². The maximum atomic E-state index is 12.4. The van der Waals surface area contributed by atoms with Gasteiger partial charge >= 0.3 is 0 Å². The van der Waals surface area contributed by atoms with Gasteiger partial charge in [0.05, 0.1) is 0 Å². The number of hydrogen-bond acceptors (Lipinski definition) is 2. The number of imide groups is 1. The highest BCUT2D eigenvalue weighted by molar-refractivity contribution is 6.25. The molecule has 1 aliphatic heterocycles. The Morgan fingerprint density at radius 3 is 1.94 bits per heavy atom. The van der Waals surface area contributed by atoms with Crippen molar-refractivity contribution in [1.82, 2.24) is 4.90 Å². The van der Waals surface area contributed by atoms with Crippen molar-refractivity contribution < 1.29 is 9.59 Å². The highest BCUT2D eigenvalue weighted by atomic mass is 16.2. The van der Waals surface area contributed by atoms with Crippen LogP contribution in [0, 0.1) is 0 Å². The molecule has 18 heavy (non-hydrogen) atoms. The Balaban J connectivity index is 2.07. The lowest BCUT2D eigenvalue weighted by molar-refractivity contribution is 0.0598. The number of carbonyl (C=O) groups excluding carboxylic acids is 2. The summed E-state index contributed by atoms with van der Waals surface area (Å²) in [6, 6.07) is 11.4. The molecule has 1 saturated carbocycles. The van der Waals surface area contributed by atoms with E-state index in [0.29, 0.717) is 11.1 Å². The van der Waals surface area contributed by atoms with E-state index in [0.717, 1.165) is 23.6 Å². The van der Waals surface area contributed by atoms with Gasteiger partial charge in [0.2, 0.25) is 0 Å². The summed E-state index contributed by atoms with van der Waals surface area (Å²) in [6.07, 6.45) is 1.88. The Kier molecular flexibility index (Phi) is 1.74. The quantitative estimate of drug-likeness (QED) is 0.715. The van der Waals surface area contributed by atoms with Gasteiger partial charge in [0.15, 0.2) is 0 Å². The summed E-state index contributed by atoms with van der Waals surface area (Å²) in [4.78, 5) is 26.2. The average Bonchev–Trinajstić information content (AvgIpc) is 3.20. The number of amides is 2. The van der Waals surface area contributed by atoms with Crippen LogP contribution >= 0.6 is 0 Å². The summed E-state index contributed by atoms with van der Waals surface area (Å²) >= 11 is 0. The molecule has 0 bridgehead atoms. The number of rotatable bonds is 1. The molecule has 1 heterocycles. The van der Waals surface area contributed by atoms with E-state index < -0.39 is 0 Å². The zero-order chi connectivity index (χ0) is 12.3. The van der Waals surface area contributed by atoms with Gasteiger partial charge in [-0.3, -0.25) is 14.5 Å². The van der Waals surface area contributed by atoms with Gasteiger partial charge in [0, 0.05) is 22.6 Å². The van der Waals surface area contributed by atoms with Gasteiger partial charge in [-0.15, -0.1) is 0 Å². The molecule has 2 aromatic rings. The molecular weight excluding hydrogens is 226 g/mol. The molecule has 0 saturated heterocycles. The molecule has 0 atom stereocenters. The molecule has 2 amide bonds. The van der Waals surface area contributed by atoms with Crippen LogP contribution in [0.15, 0.2) is 36.4 Å². The molecule has 0 radical (unpaired) electrons. The van der Waals surface area contributed by atoms with Gasteiger partial charge in [-0.2, -0.15) is 0 Å². The summed E-state index contributed by atoms with van der Waals surface area (Å²) in [5.41, 5.74) is 1.32. The molecule has 0 N–H and O–H groups in total. The molecule has 0 unspecified atom stereocenters. The van der Waals surface area contributed by atoms with Gasteiger partial charge in [-0.25, -0.2) is 0 Å². The fraction of sp³-hybridized carbons (Fsp3) is 0.200. The van der Waals surface area contributed by atoms with E-state index >= 15 is 0 Å². The van der Waals surface area contributed by atoms with Crippen LogP contribution in [0.2, 0.25) is 0 Å². The fourth-order valence-corrected chi connectivity index (χ4v) is 2.71. The minimum atomic E-state index is -0.133. The van der Waals surface area contributed by atoms with Crippen LogP contribution in [0.1, 0.15) is 33.6 Å². The van der Waals surface area contributed by atoms with Crippen LogP contribution in [0.3, 0.4) is 0 Å². The van der Waals surface area contributed by atoms with Gasteiger partial charge in [-0.1, -0.05) is 24.3 Å². The normalized spacial score (nSPS) is 18.6. The Labute approximate surface area is 104 Å². The zero-order valence-electron chi connectivity index (χ0n) is 9.72. The van der Waals surface area contributed by atoms with Crippen LogP contribution in [0.25, 0.3) is 10.8 Å². The third kappa shape index (κ3) is 1.13. The smallest absolute Gasteiger partial charge is 0.261 e. The molecule has 1 fully saturated rings. The summed E-state index contributed by atoms with van der Waals surface area (Å²) in [5, 5.41) is 1.77. The third-order valence-corrected chi connectivity index (χ3v) is 3.72. The van der Waals surface area contributed by atoms with Crippen LogP contribution in [-0.2, 0) is 0 Å². The van der Waals surface area contributed by atoms with Crippen molar-refractivity contribution in [2.75, 3.05) is 0 Å². The van der Waals surface area contributed by atoms with E-state index in [1.54, 1.807) is 0 Å². The predicted octanol–water partition coefficient (Wildman–Crippen LogP) is 2.60. The number of hydrogen-bond donors (Lipinski definition) is 0. The highest BCUT2D eigenvalue weighted by Crippen LogP contribution is 2.36. The first-order valence-corrected chi connectivity index (χ1v) is 6.17. The summed E-state index contributed by atoms with van der Waals surface area (Å²) < 4.78 is 0. The van der Waals surface area contributed by atoms with Crippen molar-refractivity contribution in [2.45, 2.75) is 18.9 Å². The fourth-order valence-electron chi connectivity index (χ4n) is 2.71. The second-order valence-corrected chi connectivity index (χ2v) is 4.92. The van der Waals surface area contributed by atoms with Crippen LogP contribution < -0.4 is 0 Å². The number of benzene rings is 2. The lowest BCUT2D eigenvalue weighted by Gasteiger charge is -2.26. The minimum absolute atomic E-state index is 0.119. The average molecular weight is 237 g/mol. The summed E-state index contributed by atoms with van der Waals surface area (Å²) in [5.74, 6) is -0.265. The Morgan fingerprint density at radius 1 is 0.889 bits per heavy atom. The van der Waals surface area contributed by atoms with Crippen molar-refractivity contribution in [3.63, 3.8) is 0 Å². The minimum Gasteiger partial charge on any atom is -0.271 e. The maximum absolute atomic E-state index is 12.4. The Bertz CT molecular complexity index is 650. The van der Waals surface area contributed by atoms with E-state index in [2.05, 4.69) is 0 Å². The molecule has 0 spiro atoms. The lowest BCUT2D eigenvalue weighted by Crippen LogP contribution is -2.41. The standard InChI is InChI=1S/C15H11NO2/c17-14-11-5-1-3-9-4-2-6-12(13(9)11)15(18)16(14)10-7-8-10/h1-6,10H,7-8H2.